The molecule has 2 aromatic rings. The van der Waals surface area contributed by atoms with Gasteiger partial charge in [-0.1, -0.05) is 0 Å². The molecule has 24 heavy (non-hydrogen) atoms. The van der Waals surface area contributed by atoms with Crippen LogP contribution in [0.4, 0.5) is 13.6 Å². The molecule has 2 heterocycles. The van der Waals surface area contributed by atoms with E-state index < -0.39 is 53.7 Å². The summed E-state index contributed by atoms with van der Waals surface area (Å²) in [7, 11) is 0. The van der Waals surface area contributed by atoms with Crippen LogP contribution in [0.15, 0.2) is 31.6 Å². The highest BCUT2D eigenvalue weighted by atomic mass is 19.1. The number of rotatable bonds is 4. The van der Waals surface area contributed by atoms with Gasteiger partial charge in [-0.25, -0.2) is 14.4 Å². The van der Waals surface area contributed by atoms with Gasteiger partial charge in [0, 0.05) is 0 Å². The molecule has 0 aliphatic carbocycles. The van der Waals surface area contributed by atoms with Crippen molar-refractivity contribution in [3.05, 3.63) is 65.7 Å². The molecule has 0 spiro atoms. The topological polar surface area (TPSA) is 145 Å². The van der Waals surface area contributed by atoms with Gasteiger partial charge in [-0.2, -0.15) is 8.78 Å². The highest BCUT2D eigenvalue weighted by Crippen LogP contribution is 1.92. The third-order valence-electron chi connectivity index (χ3n) is 2.58. The Morgan fingerprint density at radius 1 is 0.875 bits per heavy atom. The van der Waals surface area contributed by atoms with Crippen LogP contribution in [0.3, 0.4) is 0 Å². The molecule has 2 N–H and O–H groups in total. The highest BCUT2D eigenvalue weighted by molar-refractivity contribution is 5.59. The number of H-pyrrole nitrogens is 2. The number of halogens is 2. The molecule has 11 nitrogen and oxygen atoms in total. The number of carbonyl (C=O) groups excluding carboxylic acids is 1. The summed E-state index contributed by atoms with van der Waals surface area (Å²) >= 11 is 0. The van der Waals surface area contributed by atoms with Gasteiger partial charge in [-0.3, -0.25) is 28.7 Å². The summed E-state index contributed by atoms with van der Waals surface area (Å²) in [6.45, 7) is -1.58. The van der Waals surface area contributed by atoms with E-state index >= 15 is 0 Å². The van der Waals surface area contributed by atoms with Gasteiger partial charge in [0.15, 0.2) is 13.5 Å². The molecule has 0 atom stereocenters. The van der Waals surface area contributed by atoms with Gasteiger partial charge in [0.25, 0.3) is 11.1 Å². The largest absolute Gasteiger partial charge is 0.511 e. The van der Waals surface area contributed by atoms with E-state index in [1.165, 1.54) is 0 Å². The molecule has 0 aliphatic heterocycles. The summed E-state index contributed by atoms with van der Waals surface area (Å²) in [6, 6.07) is 0. The van der Waals surface area contributed by atoms with Crippen LogP contribution in [0.25, 0.3) is 0 Å². The fourth-order valence-corrected chi connectivity index (χ4v) is 1.44. The van der Waals surface area contributed by atoms with Crippen LogP contribution < -0.4 is 22.5 Å². The fraction of sp³-hybridized carbons (Fsp3) is 0.182. The highest BCUT2D eigenvalue weighted by Gasteiger charge is 2.10. The van der Waals surface area contributed by atoms with Gasteiger partial charge < -0.3 is 9.47 Å². The lowest BCUT2D eigenvalue weighted by Gasteiger charge is -2.08. The van der Waals surface area contributed by atoms with Crippen molar-refractivity contribution in [3.63, 3.8) is 0 Å². The first-order valence-corrected chi connectivity index (χ1v) is 6.06. The van der Waals surface area contributed by atoms with E-state index in [2.05, 4.69) is 9.47 Å². The molecule has 128 valence electrons. The first kappa shape index (κ1) is 16.9. The van der Waals surface area contributed by atoms with E-state index in [9.17, 15) is 32.8 Å². The van der Waals surface area contributed by atoms with Crippen molar-refractivity contribution in [2.75, 3.05) is 0 Å². The maximum Gasteiger partial charge on any atom is 0.511 e. The van der Waals surface area contributed by atoms with Crippen LogP contribution in [0.5, 0.6) is 0 Å². The van der Waals surface area contributed by atoms with Crippen molar-refractivity contribution in [2.24, 2.45) is 0 Å². The summed E-state index contributed by atoms with van der Waals surface area (Å²) < 4.78 is 35.9. The molecule has 2 rings (SSSR count). The molecule has 0 unspecified atom stereocenters. The van der Waals surface area contributed by atoms with Crippen molar-refractivity contribution in [2.45, 2.75) is 13.5 Å². The molecule has 0 saturated heterocycles. The molecule has 0 aliphatic rings. The molecular formula is C11H8F2N4O7. The zero-order chi connectivity index (χ0) is 17.9. The molecule has 0 bridgehead atoms. The second kappa shape index (κ2) is 6.72. The van der Waals surface area contributed by atoms with Crippen LogP contribution >= 0.6 is 0 Å². The van der Waals surface area contributed by atoms with E-state index in [-0.39, 0.29) is 0 Å². The SMILES string of the molecule is O=C(OCn1cc(F)c(=O)[nH]c1=O)OCn1cc(F)c(=O)[nH]c1=O. The molecule has 0 aromatic carbocycles. The normalized spacial score (nSPS) is 10.4. The summed E-state index contributed by atoms with van der Waals surface area (Å²) in [5.74, 6) is -2.55. The molecule has 0 amide bonds. The zero-order valence-corrected chi connectivity index (χ0v) is 11.6. The van der Waals surface area contributed by atoms with E-state index in [0.717, 1.165) is 0 Å². The van der Waals surface area contributed by atoms with Crippen LogP contribution in [0.1, 0.15) is 0 Å². The number of hydrogen-bond donors (Lipinski definition) is 2. The lowest BCUT2D eigenvalue weighted by molar-refractivity contribution is 0.0128. The van der Waals surface area contributed by atoms with Gasteiger partial charge in [-0.15, -0.1) is 0 Å². The minimum absolute atomic E-state index is 0.510. The van der Waals surface area contributed by atoms with Crippen LogP contribution in [-0.2, 0) is 22.9 Å². The Bertz CT molecular complexity index is 923. The second-order valence-electron chi connectivity index (χ2n) is 4.21. The fourth-order valence-electron chi connectivity index (χ4n) is 1.44. The lowest BCUT2D eigenvalue weighted by Crippen LogP contribution is -2.33. The minimum atomic E-state index is -1.38. The monoisotopic (exact) mass is 346 g/mol. The molecular weight excluding hydrogens is 338 g/mol. The van der Waals surface area contributed by atoms with Crippen molar-refractivity contribution in [3.8, 4) is 0 Å². The number of aromatic nitrogens is 4. The number of hydrogen-bond acceptors (Lipinski definition) is 7. The van der Waals surface area contributed by atoms with Gasteiger partial charge in [0.2, 0.25) is 11.6 Å². The molecule has 0 radical (unpaired) electrons. The number of nitrogens with one attached hydrogen (secondary N) is 2. The predicted octanol–water partition coefficient (Wildman–Crippen LogP) is -1.57. The van der Waals surface area contributed by atoms with Crippen molar-refractivity contribution in [1.29, 1.82) is 0 Å². The summed E-state index contributed by atoms with van der Waals surface area (Å²) in [5.41, 5.74) is -4.54. The average molecular weight is 346 g/mol. The Hall–Kier alpha value is -3.51. The molecule has 13 heteroatoms. The number of carbonyl (C=O) groups is 1. The van der Waals surface area contributed by atoms with E-state index in [1.807, 2.05) is 0 Å². The Morgan fingerprint density at radius 2 is 1.25 bits per heavy atom. The van der Waals surface area contributed by atoms with Crippen molar-refractivity contribution >= 4 is 6.16 Å². The summed E-state index contributed by atoms with van der Waals surface area (Å²) in [6.07, 6.45) is -0.362. The standard InChI is InChI=1S/C11H8F2N4O7/c12-5-1-16(9(20)14-7(5)18)3-23-11(22)24-4-17-2-6(13)8(19)15-10(17)21/h1-2H,3-4H2,(H,14,18,20)(H,15,19,21). The molecule has 0 fully saturated rings. The zero-order valence-electron chi connectivity index (χ0n) is 11.6. The van der Waals surface area contributed by atoms with E-state index in [0.29, 0.717) is 21.5 Å². The van der Waals surface area contributed by atoms with E-state index in [1.54, 1.807) is 9.97 Å². The predicted molar refractivity (Wildman–Crippen MR) is 70.1 cm³/mol. The molecule has 0 saturated carbocycles. The number of aromatic amines is 2. The lowest BCUT2D eigenvalue weighted by atomic mass is 10.6. The van der Waals surface area contributed by atoms with Crippen LogP contribution in [0.2, 0.25) is 0 Å². The van der Waals surface area contributed by atoms with Gasteiger partial charge in [0.05, 0.1) is 12.4 Å². The van der Waals surface area contributed by atoms with Crippen LogP contribution in [0, 0.1) is 11.6 Å². The first-order chi connectivity index (χ1) is 11.3. The maximum atomic E-state index is 13.0. The van der Waals surface area contributed by atoms with Crippen molar-refractivity contribution < 1.29 is 23.0 Å². The van der Waals surface area contributed by atoms with Gasteiger partial charge in [0.1, 0.15) is 0 Å². The molecule has 2 aromatic heterocycles. The third-order valence-corrected chi connectivity index (χ3v) is 2.58. The first-order valence-electron chi connectivity index (χ1n) is 6.06. The Morgan fingerprint density at radius 3 is 1.62 bits per heavy atom. The van der Waals surface area contributed by atoms with Gasteiger partial charge >= 0.3 is 17.5 Å². The quantitative estimate of drug-likeness (QED) is 0.636. The second-order valence-corrected chi connectivity index (χ2v) is 4.21. The average Bonchev–Trinajstić information content (AvgIpc) is 2.51. The number of nitrogens with zero attached hydrogens (tertiary/aromatic N) is 2. The Labute approximate surface area is 128 Å². The number of ether oxygens (including phenoxy) is 2. The Kier molecular flexibility index (Phi) is 4.72. The van der Waals surface area contributed by atoms with Gasteiger partial charge in [-0.05, 0) is 0 Å². The van der Waals surface area contributed by atoms with Crippen LogP contribution in [-0.4, -0.2) is 25.3 Å². The third kappa shape index (κ3) is 3.82. The van der Waals surface area contributed by atoms with Crippen molar-refractivity contribution in [1.82, 2.24) is 19.1 Å². The summed E-state index contributed by atoms with van der Waals surface area (Å²) in [5, 5.41) is 0. The summed E-state index contributed by atoms with van der Waals surface area (Å²) in [4.78, 5) is 58.8. The smallest absolute Gasteiger partial charge is 0.412 e. The Balaban J connectivity index is 1.98. The minimum Gasteiger partial charge on any atom is -0.412 e. The maximum absolute atomic E-state index is 13.0. The van der Waals surface area contributed by atoms with E-state index in [4.69, 9.17) is 0 Å².